The second-order valence-corrected chi connectivity index (χ2v) is 3.49. The van der Waals surface area contributed by atoms with Gasteiger partial charge in [-0.15, -0.1) is 0 Å². The van der Waals surface area contributed by atoms with E-state index in [9.17, 15) is 0 Å². The van der Waals surface area contributed by atoms with Crippen molar-refractivity contribution in [3.05, 3.63) is 29.3 Å². The van der Waals surface area contributed by atoms with Crippen LogP contribution in [0.3, 0.4) is 0 Å². The summed E-state index contributed by atoms with van der Waals surface area (Å²) in [7, 11) is 0. The molecule has 0 bridgehead atoms. The number of hydrogen-bond donors (Lipinski definition) is 0. The molecule has 0 spiro atoms. The van der Waals surface area contributed by atoms with E-state index in [4.69, 9.17) is 9.47 Å². The van der Waals surface area contributed by atoms with Gasteiger partial charge in [-0.05, 0) is 25.0 Å². The van der Waals surface area contributed by atoms with Gasteiger partial charge in [-0.25, -0.2) is 0 Å². The average Bonchev–Trinajstić information content (AvgIpc) is 2.87. The molecule has 1 saturated heterocycles. The Labute approximate surface area is 78.5 Å². The molecule has 2 heteroatoms. The molecule has 1 atom stereocenters. The second kappa shape index (κ2) is 3.38. The Bertz CT molecular complexity index is 283. The van der Waals surface area contributed by atoms with Gasteiger partial charge in [0.05, 0.1) is 6.61 Å². The van der Waals surface area contributed by atoms with E-state index < -0.39 is 0 Å². The fraction of sp³-hybridized carbons (Fsp3) is 0.455. The molecule has 0 saturated carbocycles. The van der Waals surface area contributed by atoms with Crippen LogP contribution < -0.4 is 4.74 Å². The molecule has 0 radical (unpaired) electrons. The highest BCUT2D eigenvalue weighted by Crippen LogP contribution is 2.23. The molecule has 2 nitrogen and oxygen atoms in total. The van der Waals surface area contributed by atoms with E-state index in [-0.39, 0.29) is 0 Å². The van der Waals surface area contributed by atoms with E-state index in [1.807, 2.05) is 6.07 Å². The van der Waals surface area contributed by atoms with Crippen molar-refractivity contribution in [2.45, 2.75) is 20.0 Å². The fourth-order valence-electron chi connectivity index (χ4n) is 1.37. The van der Waals surface area contributed by atoms with Gasteiger partial charge in [0.15, 0.2) is 0 Å². The number of epoxide rings is 1. The van der Waals surface area contributed by atoms with Crippen LogP contribution in [0, 0.1) is 13.8 Å². The Morgan fingerprint density at radius 3 is 2.54 bits per heavy atom. The number of ether oxygens (including phenoxy) is 2. The maximum Gasteiger partial charge on any atom is 0.125 e. The summed E-state index contributed by atoms with van der Waals surface area (Å²) in [5, 5.41) is 0. The molecule has 0 aliphatic carbocycles. The minimum Gasteiger partial charge on any atom is -0.490 e. The fourth-order valence-corrected chi connectivity index (χ4v) is 1.37. The van der Waals surface area contributed by atoms with E-state index in [0.717, 1.165) is 12.4 Å². The van der Waals surface area contributed by atoms with Crippen molar-refractivity contribution in [1.29, 1.82) is 0 Å². The lowest BCUT2D eigenvalue weighted by Gasteiger charge is -2.10. The van der Waals surface area contributed by atoms with E-state index in [1.165, 1.54) is 11.1 Å². The van der Waals surface area contributed by atoms with Gasteiger partial charge in [-0.1, -0.05) is 18.2 Å². The zero-order valence-corrected chi connectivity index (χ0v) is 8.04. The van der Waals surface area contributed by atoms with Gasteiger partial charge in [0.1, 0.15) is 18.5 Å². The van der Waals surface area contributed by atoms with Gasteiger partial charge >= 0.3 is 0 Å². The van der Waals surface area contributed by atoms with Crippen LogP contribution in [0.15, 0.2) is 18.2 Å². The van der Waals surface area contributed by atoms with Crippen molar-refractivity contribution in [2.75, 3.05) is 13.2 Å². The molecule has 1 aromatic rings. The molecule has 1 aliphatic rings. The third-order valence-electron chi connectivity index (χ3n) is 2.22. The van der Waals surface area contributed by atoms with Crippen LogP contribution in [0.4, 0.5) is 0 Å². The molecule has 2 rings (SSSR count). The Hall–Kier alpha value is -1.02. The number of hydrogen-bond acceptors (Lipinski definition) is 2. The van der Waals surface area contributed by atoms with Gasteiger partial charge in [-0.3, -0.25) is 0 Å². The van der Waals surface area contributed by atoms with Gasteiger partial charge in [0, 0.05) is 0 Å². The molecule has 70 valence electrons. The predicted octanol–water partition coefficient (Wildman–Crippen LogP) is 2.08. The van der Waals surface area contributed by atoms with Crippen molar-refractivity contribution in [3.63, 3.8) is 0 Å². The standard InChI is InChI=1S/C11H14O2/c1-8-4-3-5-9(2)11(8)13-7-10-6-12-10/h3-5,10H,6-7H2,1-2H3/t10-/m0/s1. The molecule has 13 heavy (non-hydrogen) atoms. The van der Waals surface area contributed by atoms with Crippen LogP contribution in [0.1, 0.15) is 11.1 Å². The first-order chi connectivity index (χ1) is 6.27. The predicted molar refractivity (Wildman–Crippen MR) is 51.2 cm³/mol. The topological polar surface area (TPSA) is 21.8 Å². The Kier molecular flexibility index (Phi) is 2.23. The number of benzene rings is 1. The third-order valence-corrected chi connectivity index (χ3v) is 2.22. The van der Waals surface area contributed by atoms with Gasteiger partial charge in [0.25, 0.3) is 0 Å². The summed E-state index contributed by atoms with van der Waals surface area (Å²) in [6, 6.07) is 6.18. The quantitative estimate of drug-likeness (QED) is 0.661. The Balaban J connectivity index is 2.07. The van der Waals surface area contributed by atoms with Crippen LogP contribution in [0.5, 0.6) is 5.75 Å². The number of para-hydroxylation sites is 1. The summed E-state index contributed by atoms with van der Waals surface area (Å²) in [4.78, 5) is 0. The second-order valence-electron chi connectivity index (χ2n) is 3.49. The summed E-state index contributed by atoms with van der Waals surface area (Å²) in [6.07, 6.45) is 0.332. The molecule has 0 aromatic heterocycles. The van der Waals surface area contributed by atoms with Crippen LogP contribution in [-0.4, -0.2) is 19.3 Å². The lowest BCUT2D eigenvalue weighted by atomic mass is 10.1. The van der Waals surface area contributed by atoms with Crippen molar-refractivity contribution in [2.24, 2.45) is 0 Å². The van der Waals surface area contributed by atoms with Crippen LogP contribution in [0.2, 0.25) is 0 Å². The van der Waals surface area contributed by atoms with Gasteiger partial charge < -0.3 is 9.47 Å². The molecule has 1 aliphatic heterocycles. The average molecular weight is 178 g/mol. The zero-order chi connectivity index (χ0) is 9.26. The van der Waals surface area contributed by atoms with Gasteiger partial charge in [-0.2, -0.15) is 0 Å². The maximum absolute atomic E-state index is 5.67. The molecule has 1 heterocycles. The zero-order valence-electron chi connectivity index (χ0n) is 8.04. The summed E-state index contributed by atoms with van der Waals surface area (Å²) in [6.45, 7) is 5.67. The normalized spacial score (nSPS) is 20.0. The minimum atomic E-state index is 0.332. The van der Waals surface area contributed by atoms with E-state index >= 15 is 0 Å². The van der Waals surface area contributed by atoms with E-state index in [0.29, 0.717) is 12.7 Å². The molecule has 0 amide bonds. The summed E-state index contributed by atoms with van der Waals surface area (Å²) >= 11 is 0. The van der Waals surface area contributed by atoms with Crippen molar-refractivity contribution < 1.29 is 9.47 Å². The van der Waals surface area contributed by atoms with E-state index in [2.05, 4.69) is 26.0 Å². The summed E-state index contributed by atoms with van der Waals surface area (Å²) in [5.41, 5.74) is 2.39. The first-order valence-electron chi connectivity index (χ1n) is 4.58. The third kappa shape index (κ3) is 2.01. The molecule has 1 aromatic carbocycles. The highest BCUT2D eigenvalue weighted by Gasteiger charge is 2.23. The Morgan fingerprint density at radius 1 is 1.38 bits per heavy atom. The summed E-state index contributed by atoms with van der Waals surface area (Å²) in [5.74, 6) is 1.01. The molecule has 0 N–H and O–H groups in total. The largest absolute Gasteiger partial charge is 0.490 e. The minimum absolute atomic E-state index is 0.332. The molecule has 1 fully saturated rings. The lowest BCUT2D eigenvalue weighted by Crippen LogP contribution is -2.06. The van der Waals surface area contributed by atoms with Crippen molar-refractivity contribution in [3.8, 4) is 5.75 Å². The van der Waals surface area contributed by atoms with Crippen LogP contribution in [0.25, 0.3) is 0 Å². The summed E-state index contributed by atoms with van der Waals surface area (Å²) < 4.78 is 10.8. The highest BCUT2D eigenvalue weighted by molar-refractivity contribution is 5.39. The maximum atomic E-state index is 5.67. The van der Waals surface area contributed by atoms with Crippen molar-refractivity contribution >= 4 is 0 Å². The Morgan fingerprint density at radius 2 is 2.00 bits per heavy atom. The van der Waals surface area contributed by atoms with Crippen molar-refractivity contribution in [1.82, 2.24) is 0 Å². The SMILES string of the molecule is Cc1cccc(C)c1OC[C@@H]1CO1. The lowest BCUT2D eigenvalue weighted by molar-refractivity contribution is 0.260. The van der Waals surface area contributed by atoms with Gasteiger partial charge in [0.2, 0.25) is 0 Å². The molecular weight excluding hydrogens is 164 g/mol. The molecule has 0 unspecified atom stereocenters. The first kappa shape index (κ1) is 8.57. The number of rotatable bonds is 3. The van der Waals surface area contributed by atoms with E-state index in [1.54, 1.807) is 0 Å². The molecular formula is C11H14O2. The smallest absolute Gasteiger partial charge is 0.125 e. The van der Waals surface area contributed by atoms with Crippen LogP contribution >= 0.6 is 0 Å². The van der Waals surface area contributed by atoms with Crippen LogP contribution in [-0.2, 0) is 4.74 Å². The number of aryl methyl sites for hydroxylation is 2. The highest BCUT2D eigenvalue weighted by atomic mass is 16.6. The first-order valence-corrected chi connectivity index (χ1v) is 4.58. The monoisotopic (exact) mass is 178 g/mol.